The third-order valence-corrected chi connectivity index (χ3v) is 3.77. The molecule has 112 valence electrons. The van der Waals surface area contributed by atoms with Crippen LogP contribution in [-0.4, -0.2) is 27.4 Å². The molecule has 0 saturated heterocycles. The smallest absolute Gasteiger partial charge is 0.305 e. The summed E-state index contributed by atoms with van der Waals surface area (Å²) in [4.78, 5) is 33.2. The fourth-order valence-electron chi connectivity index (χ4n) is 2.73. The van der Waals surface area contributed by atoms with E-state index < -0.39 is 22.3 Å². The van der Waals surface area contributed by atoms with E-state index in [4.69, 9.17) is 5.11 Å². The van der Waals surface area contributed by atoms with Crippen LogP contribution < -0.4 is 5.32 Å². The molecule has 21 heavy (non-hydrogen) atoms. The highest BCUT2D eigenvalue weighted by Gasteiger charge is 2.37. The number of nitrogens with zero attached hydrogens (tertiary/aromatic N) is 1. The molecule has 1 saturated carbocycles. The first-order valence-electron chi connectivity index (χ1n) is 6.71. The van der Waals surface area contributed by atoms with Crippen molar-refractivity contribution in [2.24, 2.45) is 0 Å². The Morgan fingerprint density at radius 3 is 2.29 bits per heavy atom. The second-order valence-corrected chi connectivity index (χ2v) is 5.32. The molecule has 2 N–H and O–H groups in total. The van der Waals surface area contributed by atoms with E-state index >= 15 is 0 Å². The summed E-state index contributed by atoms with van der Waals surface area (Å²) in [5, 5.41) is 22.4. The summed E-state index contributed by atoms with van der Waals surface area (Å²) in [5.41, 5.74) is -0.505. The van der Waals surface area contributed by atoms with Gasteiger partial charge in [0.25, 0.3) is 11.6 Å². The van der Waals surface area contributed by atoms with Gasteiger partial charge in [0.2, 0.25) is 0 Å². The normalized spacial score (nSPS) is 16.4. The summed E-state index contributed by atoms with van der Waals surface area (Å²) >= 11 is 0. The molecule has 1 aliphatic rings. The number of aliphatic carboxylic acids is 1. The van der Waals surface area contributed by atoms with Gasteiger partial charge in [0.05, 0.1) is 16.9 Å². The fourth-order valence-corrected chi connectivity index (χ4v) is 2.73. The molecule has 1 fully saturated rings. The van der Waals surface area contributed by atoms with Crippen LogP contribution in [0.1, 0.15) is 42.5 Å². The second kappa shape index (κ2) is 5.90. The summed E-state index contributed by atoms with van der Waals surface area (Å²) < 4.78 is 0. The van der Waals surface area contributed by atoms with Crippen LogP contribution in [0, 0.1) is 10.1 Å². The largest absolute Gasteiger partial charge is 0.481 e. The molecular weight excluding hydrogens is 276 g/mol. The summed E-state index contributed by atoms with van der Waals surface area (Å²) in [6.45, 7) is 0. The Kier molecular flexibility index (Phi) is 4.21. The van der Waals surface area contributed by atoms with E-state index in [1.165, 1.54) is 24.3 Å². The minimum absolute atomic E-state index is 0.0901. The topological polar surface area (TPSA) is 110 Å². The van der Waals surface area contributed by atoms with Crippen molar-refractivity contribution in [2.45, 2.75) is 37.6 Å². The summed E-state index contributed by atoms with van der Waals surface area (Å²) in [6.07, 6.45) is 2.93. The molecule has 0 radical (unpaired) electrons. The van der Waals surface area contributed by atoms with Crippen LogP contribution in [0.15, 0.2) is 24.3 Å². The van der Waals surface area contributed by atoms with Crippen LogP contribution >= 0.6 is 0 Å². The van der Waals surface area contributed by atoms with E-state index in [1.54, 1.807) is 0 Å². The molecule has 1 aliphatic carbocycles. The average molecular weight is 292 g/mol. The average Bonchev–Trinajstić information content (AvgIpc) is 2.86. The first-order valence-corrected chi connectivity index (χ1v) is 6.71. The number of carboxylic acids is 1. The second-order valence-electron chi connectivity index (χ2n) is 5.32. The molecule has 7 heteroatoms. The zero-order valence-electron chi connectivity index (χ0n) is 11.4. The molecule has 0 unspecified atom stereocenters. The van der Waals surface area contributed by atoms with Crippen molar-refractivity contribution in [2.75, 3.05) is 0 Å². The number of nitrogens with one attached hydrogen (secondary N) is 1. The minimum Gasteiger partial charge on any atom is -0.481 e. The quantitative estimate of drug-likeness (QED) is 0.638. The predicted molar refractivity (Wildman–Crippen MR) is 74.0 cm³/mol. The summed E-state index contributed by atoms with van der Waals surface area (Å²) in [6, 6.07) is 5.26. The van der Waals surface area contributed by atoms with Gasteiger partial charge in [0.1, 0.15) is 0 Å². The summed E-state index contributed by atoms with van der Waals surface area (Å²) in [5.74, 6) is -1.34. The van der Waals surface area contributed by atoms with E-state index in [2.05, 4.69) is 5.32 Å². The zero-order chi connectivity index (χ0) is 15.5. The van der Waals surface area contributed by atoms with Crippen LogP contribution in [0.25, 0.3) is 0 Å². The number of nitro groups is 1. The minimum atomic E-state index is -0.944. The number of amides is 1. The Morgan fingerprint density at radius 1 is 1.24 bits per heavy atom. The molecule has 1 aromatic carbocycles. The zero-order valence-corrected chi connectivity index (χ0v) is 11.4. The van der Waals surface area contributed by atoms with Crippen LogP contribution in [-0.2, 0) is 4.79 Å². The maximum Gasteiger partial charge on any atom is 0.305 e. The van der Waals surface area contributed by atoms with Crippen molar-refractivity contribution in [1.29, 1.82) is 0 Å². The van der Waals surface area contributed by atoms with Crippen molar-refractivity contribution in [3.05, 3.63) is 39.9 Å². The number of hydrogen-bond acceptors (Lipinski definition) is 4. The van der Waals surface area contributed by atoms with Crippen molar-refractivity contribution < 1.29 is 19.6 Å². The Balaban J connectivity index is 2.11. The number of carbonyl (C=O) groups excluding carboxylic acids is 1. The number of benzene rings is 1. The third kappa shape index (κ3) is 3.56. The molecule has 7 nitrogen and oxygen atoms in total. The molecular formula is C14H16N2O5. The third-order valence-electron chi connectivity index (χ3n) is 3.77. The Morgan fingerprint density at radius 2 is 1.81 bits per heavy atom. The predicted octanol–water partition coefficient (Wildman–Crippen LogP) is 2.11. The fraction of sp³-hybridized carbons (Fsp3) is 0.429. The maximum absolute atomic E-state index is 12.2. The first-order chi connectivity index (χ1) is 9.92. The Bertz CT molecular complexity index is 561. The summed E-state index contributed by atoms with van der Waals surface area (Å²) in [7, 11) is 0. The van der Waals surface area contributed by atoms with E-state index in [1.807, 2.05) is 0 Å². The van der Waals surface area contributed by atoms with Gasteiger partial charge in [0.15, 0.2) is 0 Å². The van der Waals surface area contributed by atoms with Crippen LogP contribution in [0.3, 0.4) is 0 Å². The molecule has 2 rings (SSSR count). The molecule has 0 atom stereocenters. The lowest BCUT2D eigenvalue weighted by atomic mass is 9.92. The number of rotatable bonds is 5. The molecule has 1 amide bonds. The van der Waals surface area contributed by atoms with Gasteiger partial charge in [-0.2, -0.15) is 0 Å². The van der Waals surface area contributed by atoms with E-state index in [0.717, 1.165) is 12.8 Å². The number of carbonyl (C=O) groups is 2. The van der Waals surface area contributed by atoms with E-state index in [-0.39, 0.29) is 17.7 Å². The van der Waals surface area contributed by atoms with Gasteiger partial charge in [-0.3, -0.25) is 19.7 Å². The molecule has 0 heterocycles. The lowest BCUT2D eigenvalue weighted by Gasteiger charge is -2.28. The van der Waals surface area contributed by atoms with Crippen molar-refractivity contribution >= 4 is 17.6 Å². The van der Waals surface area contributed by atoms with E-state index in [9.17, 15) is 19.7 Å². The SMILES string of the molecule is O=C(O)CC1(NC(=O)c2ccc([N+](=O)[O-])cc2)CCCC1. The van der Waals surface area contributed by atoms with Crippen molar-refractivity contribution in [3.63, 3.8) is 0 Å². The molecule has 0 spiro atoms. The van der Waals surface area contributed by atoms with Crippen LogP contribution in [0.2, 0.25) is 0 Å². The van der Waals surface area contributed by atoms with Gasteiger partial charge in [-0.25, -0.2) is 0 Å². The molecule has 0 aromatic heterocycles. The number of nitro benzene ring substituents is 1. The monoisotopic (exact) mass is 292 g/mol. The van der Waals surface area contributed by atoms with Gasteiger partial charge < -0.3 is 10.4 Å². The lowest BCUT2D eigenvalue weighted by Crippen LogP contribution is -2.47. The van der Waals surface area contributed by atoms with Gasteiger partial charge in [-0.1, -0.05) is 12.8 Å². The standard InChI is InChI=1S/C14H16N2O5/c17-12(18)9-14(7-1-2-8-14)15-13(19)10-3-5-11(6-4-10)16(20)21/h3-6H,1-2,7-9H2,(H,15,19)(H,17,18). The molecule has 0 bridgehead atoms. The van der Waals surface area contributed by atoms with Gasteiger partial charge in [-0.05, 0) is 25.0 Å². The first kappa shape index (κ1) is 15.0. The molecule has 0 aliphatic heterocycles. The molecule has 1 aromatic rings. The van der Waals surface area contributed by atoms with Gasteiger partial charge in [0, 0.05) is 17.7 Å². The van der Waals surface area contributed by atoms with Gasteiger partial charge in [-0.15, -0.1) is 0 Å². The van der Waals surface area contributed by atoms with Crippen molar-refractivity contribution in [3.8, 4) is 0 Å². The number of carboxylic acid groups (broad SMARTS) is 1. The maximum atomic E-state index is 12.2. The van der Waals surface area contributed by atoms with Gasteiger partial charge >= 0.3 is 5.97 Å². The highest BCUT2D eigenvalue weighted by Crippen LogP contribution is 2.33. The highest BCUT2D eigenvalue weighted by atomic mass is 16.6. The van der Waals surface area contributed by atoms with Crippen LogP contribution in [0.4, 0.5) is 5.69 Å². The Labute approximate surface area is 121 Å². The van der Waals surface area contributed by atoms with Crippen LogP contribution in [0.5, 0.6) is 0 Å². The Hall–Kier alpha value is -2.44. The number of hydrogen-bond donors (Lipinski definition) is 2. The van der Waals surface area contributed by atoms with E-state index in [0.29, 0.717) is 12.8 Å². The van der Waals surface area contributed by atoms with Crippen molar-refractivity contribution in [1.82, 2.24) is 5.32 Å². The number of non-ortho nitro benzene ring substituents is 1. The lowest BCUT2D eigenvalue weighted by molar-refractivity contribution is -0.384. The highest BCUT2D eigenvalue weighted by molar-refractivity contribution is 5.95.